The fraction of sp³-hybridized carbons (Fsp3) is 0.348. The summed E-state index contributed by atoms with van der Waals surface area (Å²) in [7, 11) is 0. The molecule has 0 radical (unpaired) electrons. The van der Waals surface area contributed by atoms with Crippen molar-refractivity contribution in [2.45, 2.75) is 25.8 Å². The van der Waals surface area contributed by atoms with E-state index in [9.17, 15) is 4.79 Å². The fourth-order valence-corrected chi connectivity index (χ4v) is 4.30. The monoisotopic (exact) mass is 423 g/mol. The molecule has 4 heterocycles. The maximum absolute atomic E-state index is 12.8. The summed E-state index contributed by atoms with van der Waals surface area (Å²) in [4.78, 5) is 26.4. The molecule has 2 aromatic rings. The second-order valence-corrected chi connectivity index (χ2v) is 8.36. The van der Waals surface area contributed by atoms with E-state index in [2.05, 4.69) is 32.9 Å². The first-order valence-electron chi connectivity index (χ1n) is 10.2. The van der Waals surface area contributed by atoms with Gasteiger partial charge < -0.3 is 4.90 Å². The van der Waals surface area contributed by atoms with Crippen LogP contribution in [0.25, 0.3) is 11.2 Å². The molecule has 0 bridgehead atoms. The van der Waals surface area contributed by atoms with Crippen molar-refractivity contribution < 1.29 is 0 Å². The number of fused-ring (bicyclic) bond motifs is 2. The molecule has 4 rings (SSSR count). The van der Waals surface area contributed by atoms with Crippen molar-refractivity contribution in [3.05, 3.63) is 70.4 Å². The van der Waals surface area contributed by atoms with Crippen molar-refractivity contribution in [3.8, 4) is 0 Å². The molecule has 0 unspecified atom stereocenters. The Kier molecular flexibility index (Phi) is 5.88. The number of aliphatic imine (C=N–C) groups is 1. The van der Waals surface area contributed by atoms with E-state index in [0.717, 1.165) is 25.3 Å². The minimum absolute atomic E-state index is 0.141. The van der Waals surface area contributed by atoms with E-state index in [-0.39, 0.29) is 5.56 Å². The van der Waals surface area contributed by atoms with Gasteiger partial charge in [-0.1, -0.05) is 24.8 Å². The van der Waals surface area contributed by atoms with Crippen LogP contribution < -0.4 is 10.5 Å². The predicted octanol–water partition coefficient (Wildman–Crippen LogP) is 3.72. The molecule has 0 saturated carbocycles. The highest BCUT2D eigenvalue weighted by Gasteiger charge is 2.30. The van der Waals surface area contributed by atoms with Crippen molar-refractivity contribution in [2.24, 2.45) is 4.99 Å². The highest BCUT2D eigenvalue weighted by molar-refractivity contribution is 6.40. The summed E-state index contributed by atoms with van der Waals surface area (Å²) in [6, 6.07) is 6.05. The molecule has 0 aromatic carbocycles. The lowest BCUT2D eigenvalue weighted by atomic mass is 10.1. The number of pyridine rings is 1. The summed E-state index contributed by atoms with van der Waals surface area (Å²) in [5.41, 5.74) is 3.20. The zero-order valence-electron chi connectivity index (χ0n) is 17.2. The number of hydrogen-bond acceptors (Lipinski definition) is 5. The van der Waals surface area contributed by atoms with Crippen LogP contribution in [0.4, 0.5) is 5.69 Å². The van der Waals surface area contributed by atoms with Crippen molar-refractivity contribution in [1.29, 1.82) is 0 Å². The summed E-state index contributed by atoms with van der Waals surface area (Å²) in [6.45, 7) is 13.8. The summed E-state index contributed by atoms with van der Waals surface area (Å²) in [5.74, 6) is 0. The van der Waals surface area contributed by atoms with Gasteiger partial charge >= 0.3 is 0 Å². The van der Waals surface area contributed by atoms with Crippen molar-refractivity contribution in [1.82, 2.24) is 14.3 Å². The Hall–Kier alpha value is -2.70. The van der Waals surface area contributed by atoms with Crippen LogP contribution in [-0.4, -0.2) is 52.7 Å². The molecule has 2 aliphatic rings. The molecule has 2 aliphatic heterocycles. The summed E-state index contributed by atoms with van der Waals surface area (Å²) in [6.07, 6.45) is 7.57. The van der Waals surface area contributed by atoms with E-state index in [4.69, 9.17) is 11.6 Å². The van der Waals surface area contributed by atoms with Crippen LogP contribution in [-0.2, 0) is 0 Å². The van der Waals surface area contributed by atoms with E-state index < -0.39 is 0 Å². The topological polar surface area (TPSA) is 53.2 Å². The molecular weight excluding hydrogens is 398 g/mol. The Morgan fingerprint density at radius 2 is 2.13 bits per heavy atom. The van der Waals surface area contributed by atoms with Gasteiger partial charge in [0.25, 0.3) is 5.56 Å². The Morgan fingerprint density at radius 3 is 2.93 bits per heavy atom. The van der Waals surface area contributed by atoms with Crippen molar-refractivity contribution in [2.75, 3.05) is 31.1 Å². The molecule has 7 heteroatoms. The van der Waals surface area contributed by atoms with Crippen molar-refractivity contribution in [3.63, 3.8) is 0 Å². The third kappa shape index (κ3) is 4.40. The Morgan fingerprint density at radius 1 is 1.30 bits per heavy atom. The molecule has 0 spiro atoms. The quantitative estimate of drug-likeness (QED) is 0.543. The molecule has 2 fully saturated rings. The summed E-state index contributed by atoms with van der Waals surface area (Å²) >= 11 is 6.16. The second-order valence-electron chi connectivity index (χ2n) is 7.92. The van der Waals surface area contributed by atoms with Gasteiger partial charge in [0.15, 0.2) is 0 Å². The van der Waals surface area contributed by atoms with Crippen LogP contribution in [0.15, 0.2) is 64.1 Å². The Bertz CT molecular complexity index is 1120. The molecular formula is C23H26ClN5O. The second kappa shape index (κ2) is 8.58. The van der Waals surface area contributed by atoms with Gasteiger partial charge in [0.1, 0.15) is 5.65 Å². The molecule has 0 aliphatic carbocycles. The average molecular weight is 424 g/mol. The summed E-state index contributed by atoms with van der Waals surface area (Å²) < 4.78 is 1.60. The van der Waals surface area contributed by atoms with Gasteiger partial charge in [-0.15, -0.1) is 0 Å². The molecule has 0 N–H and O–H groups in total. The highest BCUT2D eigenvalue weighted by Crippen LogP contribution is 2.25. The van der Waals surface area contributed by atoms with E-state index in [1.807, 2.05) is 18.3 Å². The smallest absolute Gasteiger partial charge is 0.258 e. The predicted molar refractivity (Wildman–Crippen MR) is 125 cm³/mol. The number of rotatable bonds is 5. The standard InChI is InChI=1S/C23H26ClN5O/c1-16(2)25-13-18(24)11-17(3)21-12-23(30)29-15-20(6-7-22(29)26-21)28-10-9-27-8-4-5-19(27)14-28/h6-7,11-13,15,19H,1,3-5,8-10,14H2,2H3/b18-11+,25-13?/t19-/m1/s1. The normalized spacial score (nSPS) is 20.1. The van der Waals surface area contributed by atoms with Crippen molar-refractivity contribution >= 4 is 34.7 Å². The largest absolute Gasteiger partial charge is 0.367 e. The highest BCUT2D eigenvalue weighted by atomic mass is 35.5. The maximum atomic E-state index is 12.8. The van der Waals surface area contributed by atoms with Gasteiger partial charge in [0, 0.05) is 49.9 Å². The van der Waals surface area contributed by atoms with Gasteiger partial charge in [-0.3, -0.25) is 19.1 Å². The van der Waals surface area contributed by atoms with E-state index in [0.29, 0.717) is 33.7 Å². The van der Waals surface area contributed by atoms with Gasteiger partial charge in [0.05, 0.1) is 16.4 Å². The van der Waals surface area contributed by atoms with Crippen LogP contribution in [0.3, 0.4) is 0 Å². The van der Waals surface area contributed by atoms with E-state index in [1.54, 1.807) is 17.4 Å². The molecule has 156 valence electrons. The Labute approximate surface area is 181 Å². The third-order valence-corrected chi connectivity index (χ3v) is 5.85. The van der Waals surface area contributed by atoms with E-state index in [1.165, 1.54) is 31.7 Å². The van der Waals surface area contributed by atoms with Gasteiger partial charge in [0.2, 0.25) is 0 Å². The number of nitrogens with zero attached hydrogens (tertiary/aromatic N) is 5. The van der Waals surface area contributed by atoms with Gasteiger partial charge in [-0.05, 0) is 50.1 Å². The van der Waals surface area contributed by atoms with Crippen LogP contribution >= 0.6 is 11.6 Å². The van der Waals surface area contributed by atoms with Crippen LogP contribution in [0.2, 0.25) is 0 Å². The maximum Gasteiger partial charge on any atom is 0.258 e. The molecule has 2 aromatic heterocycles. The molecule has 6 nitrogen and oxygen atoms in total. The lowest BCUT2D eigenvalue weighted by Gasteiger charge is -2.38. The van der Waals surface area contributed by atoms with Crippen LogP contribution in [0.5, 0.6) is 0 Å². The lowest BCUT2D eigenvalue weighted by molar-refractivity contribution is 0.231. The lowest BCUT2D eigenvalue weighted by Crippen LogP contribution is -2.50. The first-order valence-corrected chi connectivity index (χ1v) is 10.6. The molecule has 0 amide bonds. The zero-order chi connectivity index (χ0) is 21.3. The summed E-state index contributed by atoms with van der Waals surface area (Å²) in [5, 5.41) is 0.395. The van der Waals surface area contributed by atoms with E-state index >= 15 is 0 Å². The third-order valence-electron chi connectivity index (χ3n) is 5.65. The number of hydrogen-bond donors (Lipinski definition) is 0. The first kappa shape index (κ1) is 20.6. The van der Waals surface area contributed by atoms with Gasteiger partial charge in [-0.2, -0.15) is 0 Å². The minimum Gasteiger partial charge on any atom is -0.367 e. The SMILES string of the molecule is C=C(C)N=C/C(Cl)=C\C(=C)c1cc(=O)n2cc(N3CCN4CCC[C@@H]4C3)ccc2n1. The molecule has 2 saturated heterocycles. The van der Waals surface area contributed by atoms with Gasteiger partial charge in [-0.25, -0.2) is 4.98 Å². The first-order chi connectivity index (χ1) is 14.4. The number of halogens is 1. The number of piperazine rings is 1. The number of aromatic nitrogens is 2. The zero-order valence-corrected chi connectivity index (χ0v) is 18.0. The Balaban J connectivity index is 1.58. The van der Waals surface area contributed by atoms with Crippen LogP contribution in [0, 0.1) is 0 Å². The molecule has 30 heavy (non-hydrogen) atoms. The fourth-order valence-electron chi connectivity index (χ4n) is 4.12. The average Bonchev–Trinajstić information content (AvgIpc) is 3.19. The van der Waals surface area contributed by atoms with Crippen LogP contribution in [0.1, 0.15) is 25.5 Å². The number of allylic oxidation sites excluding steroid dienone is 4. The minimum atomic E-state index is -0.141. The number of anilines is 1. The molecule has 1 atom stereocenters.